The molecule has 2 aliphatic rings. The molecule has 2 aromatic rings. The van der Waals surface area contributed by atoms with E-state index in [4.69, 9.17) is 9.47 Å². The van der Waals surface area contributed by atoms with Gasteiger partial charge in [0.25, 0.3) is 5.91 Å². The smallest absolute Gasteiger partial charge is 0.265 e. The third kappa shape index (κ3) is 4.60. The van der Waals surface area contributed by atoms with Crippen LogP contribution in [0.4, 0.5) is 11.4 Å². The number of anilines is 2. The fraction of sp³-hybridized carbons (Fsp3) is 0.417. The third-order valence-corrected chi connectivity index (χ3v) is 8.30. The summed E-state index contributed by atoms with van der Waals surface area (Å²) in [7, 11) is -2.24. The molecule has 0 saturated carbocycles. The number of sulfonamides is 1. The van der Waals surface area contributed by atoms with E-state index in [-0.39, 0.29) is 35.7 Å². The number of carbonyl (C=O) groups is 2. The number of hydrogen-bond donors (Lipinski definition) is 2. The van der Waals surface area contributed by atoms with Gasteiger partial charge in [-0.15, -0.1) is 0 Å². The third-order valence-electron chi connectivity index (χ3n) is 6.26. The highest BCUT2D eigenvalue weighted by Gasteiger charge is 2.34. The molecule has 1 atom stereocenters. The summed E-state index contributed by atoms with van der Waals surface area (Å²) in [5.74, 6) is 0.183. The number of rotatable bonds is 5. The van der Waals surface area contributed by atoms with E-state index in [9.17, 15) is 18.0 Å². The van der Waals surface area contributed by atoms with E-state index in [2.05, 4.69) is 10.6 Å². The average Bonchev–Trinajstić information content (AvgIpc) is 2.80. The number of ether oxygens (including phenoxy) is 2. The molecule has 1 fully saturated rings. The van der Waals surface area contributed by atoms with Crippen molar-refractivity contribution in [2.75, 3.05) is 30.8 Å². The lowest BCUT2D eigenvalue weighted by Crippen LogP contribution is -2.41. The van der Waals surface area contributed by atoms with Crippen LogP contribution in [0.3, 0.4) is 0 Å². The Hall–Kier alpha value is -3.11. The van der Waals surface area contributed by atoms with Crippen LogP contribution in [0.5, 0.6) is 11.5 Å². The normalized spacial score (nSPS) is 19.1. The Morgan fingerprint density at radius 3 is 2.56 bits per heavy atom. The first-order valence-electron chi connectivity index (χ1n) is 11.2. The summed E-state index contributed by atoms with van der Waals surface area (Å²) in [6.45, 7) is 5.69. The summed E-state index contributed by atoms with van der Waals surface area (Å²) in [6.07, 6.45) is 0.117. The first-order chi connectivity index (χ1) is 16.1. The number of carbonyl (C=O) groups excluding carboxylic acids is 2. The molecule has 2 aliphatic heterocycles. The molecule has 0 radical (unpaired) electrons. The molecule has 2 amide bonds. The lowest BCUT2D eigenvalue weighted by Gasteiger charge is -2.31. The monoisotopic (exact) mass is 487 g/mol. The van der Waals surface area contributed by atoms with Crippen molar-refractivity contribution in [3.63, 3.8) is 0 Å². The largest absolute Gasteiger partial charge is 0.495 e. The molecule has 1 saturated heterocycles. The van der Waals surface area contributed by atoms with E-state index in [1.54, 1.807) is 33.1 Å². The number of nitrogens with one attached hydrogen (secondary N) is 2. The maximum Gasteiger partial charge on any atom is 0.265 e. The number of aryl methyl sites for hydroxylation is 2. The molecule has 2 aromatic carbocycles. The van der Waals surface area contributed by atoms with Crippen molar-refractivity contribution in [3.8, 4) is 11.5 Å². The van der Waals surface area contributed by atoms with Crippen LogP contribution in [-0.2, 0) is 19.6 Å². The predicted octanol–water partition coefficient (Wildman–Crippen LogP) is 3.07. The van der Waals surface area contributed by atoms with Gasteiger partial charge in [-0.05, 0) is 62.9 Å². The van der Waals surface area contributed by atoms with Gasteiger partial charge in [0.05, 0.1) is 23.4 Å². The molecule has 10 heteroatoms. The van der Waals surface area contributed by atoms with Gasteiger partial charge in [0.1, 0.15) is 11.5 Å². The van der Waals surface area contributed by atoms with Crippen LogP contribution in [0, 0.1) is 19.8 Å². The van der Waals surface area contributed by atoms with Crippen LogP contribution in [-0.4, -0.2) is 50.8 Å². The van der Waals surface area contributed by atoms with Gasteiger partial charge in [-0.1, -0.05) is 6.07 Å². The lowest BCUT2D eigenvalue weighted by molar-refractivity contribution is -0.123. The summed E-state index contributed by atoms with van der Waals surface area (Å²) in [5, 5.41) is 5.66. The summed E-state index contributed by atoms with van der Waals surface area (Å²) in [4.78, 5) is 24.8. The second-order valence-electron chi connectivity index (χ2n) is 8.73. The van der Waals surface area contributed by atoms with E-state index in [1.807, 2.05) is 19.1 Å². The zero-order valence-corrected chi connectivity index (χ0v) is 20.5. The van der Waals surface area contributed by atoms with E-state index in [0.717, 1.165) is 5.56 Å². The summed E-state index contributed by atoms with van der Waals surface area (Å²) in [5.41, 5.74) is 2.58. The molecule has 4 rings (SSSR count). The average molecular weight is 488 g/mol. The number of fused-ring (bicyclic) bond motifs is 1. The van der Waals surface area contributed by atoms with Gasteiger partial charge < -0.3 is 20.1 Å². The molecule has 0 bridgehead atoms. The van der Waals surface area contributed by atoms with Crippen molar-refractivity contribution >= 4 is 33.2 Å². The Labute approximate surface area is 199 Å². The number of hydrogen-bond acceptors (Lipinski definition) is 6. The van der Waals surface area contributed by atoms with Gasteiger partial charge in [-0.3, -0.25) is 9.59 Å². The molecule has 182 valence electrons. The Morgan fingerprint density at radius 2 is 1.88 bits per heavy atom. The second kappa shape index (κ2) is 9.27. The molecule has 2 N–H and O–H groups in total. The van der Waals surface area contributed by atoms with E-state index in [1.165, 1.54) is 10.4 Å². The van der Waals surface area contributed by atoms with Crippen molar-refractivity contribution < 1.29 is 27.5 Å². The van der Waals surface area contributed by atoms with E-state index in [0.29, 0.717) is 41.3 Å². The lowest BCUT2D eigenvalue weighted by atomic mass is 9.97. The predicted molar refractivity (Wildman–Crippen MR) is 128 cm³/mol. The van der Waals surface area contributed by atoms with Crippen LogP contribution in [0.2, 0.25) is 0 Å². The van der Waals surface area contributed by atoms with Gasteiger partial charge in [0.15, 0.2) is 6.10 Å². The SMILES string of the molecule is COc1ccc(C)cc1NC(=O)C1CCN(S(=O)(=O)c2cc3c(cc2C)NC(=O)C(C)O3)CC1. The zero-order valence-electron chi connectivity index (χ0n) is 19.7. The molecule has 0 spiro atoms. The Bertz CT molecular complexity index is 1240. The van der Waals surface area contributed by atoms with E-state index >= 15 is 0 Å². The number of nitrogens with zero attached hydrogens (tertiary/aromatic N) is 1. The van der Waals surface area contributed by atoms with Gasteiger partial charge >= 0.3 is 0 Å². The quantitative estimate of drug-likeness (QED) is 0.670. The van der Waals surface area contributed by atoms with Gasteiger partial charge in [0.2, 0.25) is 15.9 Å². The van der Waals surface area contributed by atoms with Gasteiger partial charge in [-0.2, -0.15) is 4.31 Å². The fourth-order valence-corrected chi connectivity index (χ4v) is 5.96. The highest BCUT2D eigenvalue weighted by molar-refractivity contribution is 7.89. The minimum atomic E-state index is -3.79. The van der Waals surface area contributed by atoms with Gasteiger partial charge in [-0.25, -0.2) is 8.42 Å². The molecule has 34 heavy (non-hydrogen) atoms. The number of piperidine rings is 1. The number of methoxy groups -OCH3 is 1. The van der Waals surface area contributed by atoms with Crippen molar-refractivity contribution in [3.05, 3.63) is 41.5 Å². The summed E-state index contributed by atoms with van der Waals surface area (Å²) >= 11 is 0. The van der Waals surface area contributed by atoms with Crippen LogP contribution in [0.1, 0.15) is 30.9 Å². The van der Waals surface area contributed by atoms with Crippen molar-refractivity contribution in [2.24, 2.45) is 5.92 Å². The first kappa shape index (κ1) is 24.0. The molecule has 0 aliphatic carbocycles. The topological polar surface area (TPSA) is 114 Å². The maximum atomic E-state index is 13.4. The fourth-order valence-electron chi connectivity index (χ4n) is 4.27. The Morgan fingerprint density at radius 1 is 1.18 bits per heavy atom. The Balaban J connectivity index is 1.46. The van der Waals surface area contributed by atoms with Crippen molar-refractivity contribution in [1.82, 2.24) is 4.31 Å². The molecular weight excluding hydrogens is 458 g/mol. The van der Waals surface area contributed by atoms with Crippen LogP contribution in [0.15, 0.2) is 35.2 Å². The maximum absolute atomic E-state index is 13.4. The molecule has 0 aromatic heterocycles. The standard InChI is InChI=1S/C24H29N3O6S/c1-14-5-6-20(32-4)18(11-14)26-24(29)17-7-9-27(10-8-17)34(30,31)22-13-21-19(12-15(22)2)25-23(28)16(3)33-21/h5-6,11-13,16-17H,7-10H2,1-4H3,(H,25,28)(H,26,29). The zero-order chi connectivity index (χ0) is 24.6. The van der Waals surface area contributed by atoms with Crippen LogP contribution >= 0.6 is 0 Å². The Kier molecular flexibility index (Phi) is 6.55. The molecule has 9 nitrogen and oxygen atoms in total. The van der Waals surface area contributed by atoms with Crippen LogP contribution < -0.4 is 20.1 Å². The number of amides is 2. The molecule has 1 unspecified atom stereocenters. The number of benzene rings is 2. The van der Waals surface area contributed by atoms with Crippen molar-refractivity contribution in [1.29, 1.82) is 0 Å². The highest BCUT2D eigenvalue weighted by atomic mass is 32.2. The highest BCUT2D eigenvalue weighted by Crippen LogP contribution is 2.36. The van der Waals surface area contributed by atoms with E-state index < -0.39 is 16.1 Å². The summed E-state index contributed by atoms with van der Waals surface area (Å²) in [6, 6.07) is 8.64. The summed E-state index contributed by atoms with van der Waals surface area (Å²) < 4.78 is 39.1. The van der Waals surface area contributed by atoms with Crippen LogP contribution in [0.25, 0.3) is 0 Å². The van der Waals surface area contributed by atoms with Gasteiger partial charge in [0, 0.05) is 25.1 Å². The first-order valence-corrected chi connectivity index (χ1v) is 12.6. The molecular formula is C24H29N3O6S. The van der Waals surface area contributed by atoms with Crippen molar-refractivity contribution in [2.45, 2.75) is 44.6 Å². The minimum Gasteiger partial charge on any atom is -0.495 e. The minimum absolute atomic E-state index is 0.141. The molecule has 2 heterocycles. The second-order valence-corrected chi connectivity index (χ2v) is 10.6.